The maximum atomic E-state index is 11.1. The highest BCUT2D eigenvalue weighted by atomic mass is 32.2. The summed E-state index contributed by atoms with van der Waals surface area (Å²) in [5.74, 6) is -0.191. The maximum absolute atomic E-state index is 11.1. The standard InChI is InChI=1S/C10H11NO4S/c1-7(2)10(12)15-9-5-3-8(4-6-9)11-16(13)14/h3-6,11H,1H2,2H3,(H,13,14)/p-1. The normalized spacial score (nSPS) is 11.6. The third-order valence-corrected chi connectivity index (χ3v) is 2.02. The van der Waals surface area contributed by atoms with E-state index >= 15 is 0 Å². The summed E-state index contributed by atoms with van der Waals surface area (Å²) in [5, 5.41) is 0. The number of benzene rings is 1. The minimum Gasteiger partial charge on any atom is -0.755 e. The van der Waals surface area contributed by atoms with Gasteiger partial charge in [-0.05, 0) is 31.2 Å². The maximum Gasteiger partial charge on any atom is 0.338 e. The molecule has 0 aliphatic heterocycles. The molecule has 16 heavy (non-hydrogen) atoms. The van der Waals surface area contributed by atoms with Crippen LogP contribution >= 0.6 is 0 Å². The lowest BCUT2D eigenvalue weighted by atomic mass is 10.3. The van der Waals surface area contributed by atoms with Gasteiger partial charge in [0, 0.05) is 22.5 Å². The zero-order valence-corrected chi connectivity index (χ0v) is 9.37. The van der Waals surface area contributed by atoms with E-state index in [-0.39, 0.29) is 0 Å². The largest absolute Gasteiger partial charge is 0.755 e. The first-order valence-corrected chi connectivity index (χ1v) is 5.40. The van der Waals surface area contributed by atoms with Crippen molar-refractivity contribution in [1.29, 1.82) is 0 Å². The molecule has 0 aliphatic rings. The van der Waals surface area contributed by atoms with Crippen LogP contribution in [0.15, 0.2) is 36.4 Å². The molecule has 1 atom stereocenters. The van der Waals surface area contributed by atoms with Crippen molar-refractivity contribution < 1.29 is 18.3 Å². The van der Waals surface area contributed by atoms with Crippen molar-refractivity contribution in [3.8, 4) is 5.75 Å². The molecule has 1 N–H and O–H groups in total. The fraction of sp³-hybridized carbons (Fsp3) is 0.100. The zero-order chi connectivity index (χ0) is 12.1. The molecule has 1 rings (SSSR count). The Labute approximate surface area is 95.5 Å². The first-order chi connectivity index (χ1) is 7.49. The van der Waals surface area contributed by atoms with Crippen molar-refractivity contribution in [3.63, 3.8) is 0 Å². The predicted molar refractivity (Wildman–Crippen MR) is 59.4 cm³/mol. The molecule has 86 valence electrons. The predicted octanol–water partition coefficient (Wildman–Crippen LogP) is 1.37. The summed E-state index contributed by atoms with van der Waals surface area (Å²) in [4.78, 5) is 11.1. The third-order valence-electron chi connectivity index (χ3n) is 1.61. The number of ether oxygens (including phenoxy) is 1. The summed E-state index contributed by atoms with van der Waals surface area (Å²) in [5.41, 5.74) is 0.686. The van der Waals surface area contributed by atoms with Crippen LogP contribution in [0.3, 0.4) is 0 Å². The average Bonchev–Trinajstić information content (AvgIpc) is 2.20. The molecule has 1 aromatic rings. The molecule has 0 aliphatic carbocycles. The molecule has 0 aromatic heterocycles. The second kappa shape index (κ2) is 5.43. The molecule has 1 unspecified atom stereocenters. The summed E-state index contributed by atoms with van der Waals surface area (Å²) >= 11 is -2.36. The van der Waals surface area contributed by atoms with Crippen LogP contribution in [0.5, 0.6) is 5.75 Å². The second-order valence-electron chi connectivity index (χ2n) is 3.03. The van der Waals surface area contributed by atoms with Crippen molar-refractivity contribution in [3.05, 3.63) is 36.4 Å². The van der Waals surface area contributed by atoms with E-state index in [0.29, 0.717) is 17.0 Å². The van der Waals surface area contributed by atoms with Gasteiger partial charge in [0.15, 0.2) is 0 Å². The quantitative estimate of drug-likeness (QED) is 0.373. The van der Waals surface area contributed by atoms with Crippen molar-refractivity contribution in [2.24, 2.45) is 0 Å². The Morgan fingerprint density at radius 1 is 1.44 bits per heavy atom. The smallest absolute Gasteiger partial charge is 0.338 e. The molecule has 0 spiro atoms. The van der Waals surface area contributed by atoms with Gasteiger partial charge in [0.1, 0.15) is 5.75 Å². The van der Waals surface area contributed by atoms with Gasteiger partial charge in [-0.3, -0.25) is 4.21 Å². The molecule has 0 amide bonds. The highest BCUT2D eigenvalue weighted by Crippen LogP contribution is 2.16. The molecular weight excluding hydrogens is 230 g/mol. The summed E-state index contributed by atoms with van der Waals surface area (Å²) in [7, 11) is 0. The van der Waals surface area contributed by atoms with Crippen LogP contribution in [-0.4, -0.2) is 14.7 Å². The van der Waals surface area contributed by atoms with Crippen LogP contribution < -0.4 is 9.46 Å². The number of hydrogen-bond acceptors (Lipinski definition) is 4. The van der Waals surface area contributed by atoms with E-state index in [0.717, 1.165) is 0 Å². The van der Waals surface area contributed by atoms with Gasteiger partial charge in [-0.2, -0.15) is 0 Å². The first kappa shape index (κ1) is 12.4. The number of anilines is 1. The van der Waals surface area contributed by atoms with Crippen molar-refractivity contribution in [2.75, 3.05) is 4.72 Å². The van der Waals surface area contributed by atoms with Gasteiger partial charge in [-0.25, -0.2) is 4.79 Å². The lowest BCUT2D eigenvalue weighted by molar-refractivity contribution is -0.130. The Morgan fingerprint density at radius 2 is 2.00 bits per heavy atom. The summed E-state index contributed by atoms with van der Waals surface area (Å²) in [6, 6.07) is 5.93. The fourth-order valence-electron chi connectivity index (χ4n) is 0.881. The molecule has 5 nitrogen and oxygen atoms in total. The van der Waals surface area contributed by atoms with E-state index in [4.69, 9.17) is 4.74 Å². The number of carbonyl (C=O) groups is 1. The van der Waals surface area contributed by atoms with E-state index in [9.17, 15) is 13.6 Å². The van der Waals surface area contributed by atoms with E-state index in [2.05, 4.69) is 11.3 Å². The molecule has 0 fully saturated rings. The van der Waals surface area contributed by atoms with E-state index in [1.165, 1.54) is 24.3 Å². The van der Waals surface area contributed by atoms with Crippen molar-refractivity contribution >= 4 is 22.9 Å². The second-order valence-corrected chi connectivity index (χ2v) is 3.70. The Hall–Kier alpha value is -1.66. The molecule has 0 radical (unpaired) electrons. The van der Waals surface area contributed by atoms with Crippen LogP contribution in [0.4, 0.5) is 5.69 Å². The van der Waals surface area contributed by atoms with Crippen molar-refractivity contribution in [2.45, 2.75) is 6.92 Å². The summed E-state index contributed by atoms with van der Waals surface area (Å²) in [6.07, 6.45) is 0. The molecule has 0 saturated carbocycles. The Morgan fingerprint density at radius 3 is 2.44 bits per heavy atom. The Kier molecular flexibility index (Phi) is 4.21. The summed E-state index contributed by atoms with van der Waals surface area (Å²) < 4.78 is 27.7. The minimum atomic E-state index is -2.36. The van der Waals surface area contributed by atoms with E-state index in [1.54, 1.807) is 6.92 Å². The van der Waals surface area contributed by atoms with Gasteiger partial charge in [0.05, 0.1) is 0 Å². The van der Waals surface area contributed by atoms with E-state index < -0.39 is 17.2 Å². The van der Waals surface area contributed by atoms with Gasteiger partial charge in [-0.1, -0.05) is 6.58 Å². The average molecular weight is 240 g/mol. The number of rotatable bonds is 4. The Bertz CT molecular complexity index is 427. The van der Waals surface area contributed by atoms with Gasteiger partial charge in [-0.15, -0.1) is 0 Å². The van der Waals surface area contributed by atoms with Gasteiger partial charge in [0.2, 0.25) is 0 Å². The number of nitrogens with one attached hydrogen (secondary N) is 1. The van der Waals surface area contributed by atoms with Crippen LogP contribution in [0.25, 0.3) is 0 Å². The monoisotopic (exact) mass is 240 g/mol. The molecule has 0 heterocycles. The molecule has 0 bridgehead atoms. The number of carbonyl (C=O) groups excluding carboxylic acids is 1. The first-order valence-electron chi connectivity index (χ1n) is 4.32. The van der Waals surface area contributed by atoms with E-state index in [1.807, 2.05) is 0 Å². The number of esters is 1. The minimum absolute atomic E-state index is 0.294. The topological polar surface area (TPSA) is 78.5 Å². The Balaban J connectivity index is 2.68. The van der Waals surface area contributed by atoms with Gasteiger partial charge in [0.25, 0.3) is 0 Å². The molecular formula is C10H10NO4S-. The third kappa shape index (κ3) is 3.84. The lowest BCUT2D eigenvalue weighted by Gasteiger charge is -2.09. The molecule has 6 heteroatoms. The highest BCUT2D eigenvalue weighted by Gasteiger charge is 2.04. The fourth-order valence-corrected chi connectivity index (χ4v) is 1.21. The summed E-state index contributed by atoms with van der Waals surface area (Å²) in [6.45, 7) is 4.98. The van der Waals surface area contributed by atoms with Gasteiger partial charge < -0.3 is 14.0 Å². The van der Waals surface area contributed by atoms with Crippen LogP contribution in [0.2, 0.25) is 0 Å². The van der Waals surface area contributed by atoms with Crippen LogP contribution in [0, 0.1) is 0 Å². The number of hydrogen-bond donors (Lipinski definition) is 1. The lowest BCUT2D eigenvalue weighted by Crippen LogP contribution is -2.08. The van der Waals surface area contributed by atoms with Crippen LogP contribution in [0.1, 0.15) is 6.92 Å². The SMILES string of the molecule is C=C(C)C(=O)Oc1ccc(NS(=O)[O-])cc1. The van der Waals surface area contributed by atoms with Crippen molar-refractivity contribution in [1.82, 2.24) is 0 Å². The zero-order valence-electron chi connectivity index (χ0n) is 8.56. The molecule has 0 saturated heterocycles. The molecule has 1 aromatic carbocycles. The van der Waals surface area contributed by atoms with Crippen LogP contribution in [-0.2, 0) is 16.1 Å². The van der Waals surface area contributed by atoms with Gasteiger partial charge >= 0.3 is 5.97 Å². The highest BCUT2D eigenvalue weighted by molar-refractivity contribution is 7.80.